The number of nitrogens with zero attached hydrogens (tertiary/aromatic N) is 4. The number of aromatic nitrogens is 4. The van der Waals surface area contributed by atoms with Gasteiger partial charge >= 0.3 is 0 Å². The van der Waals surface area contributed by atoms with Crippen LogP contribution in [0.2, 0.25) is 5.28 Å². The average molecular weight is 317 g/mol. The number of hydrazine groups is 1. The number of benzene rings is 1. The summed E-state index contributed by atoms with van der Waals surface area (Å²) >= 11 is 5.89. The first-order chi connectivity index (χ1) is 10.6. The van der Waals surface area contributed by atoms with Gasteiger partial charge in [-0.2, -0.15) is 9.97 Å². The summed E-state index contributed by atoms with van der Waals surface area (Å²) in [6, 6.07) is 9.04. The number of Topliss-reactive ketones (excluding diaryl/α,β-unsaturated/α-hetero) is 1. The van der Waals surface area contributed by atoms with Crippen molar-refractivity contribution in [1.29, 1.82) is 0 Å². The lowest BCUT2D eigenvalue weighted by Crippen LogP contribution is -2.13. The predicted molar refractivity (Wildman–Crippen MR) is 83.7 cm³/mol. The summed E-state index contributed by atoms with van der Waals surface area (Å²) in [4.78, 5) is 24.9. The van der Waals surface area contributed by atoms with Crippen molar-refractivity contribution in [3.8, 4) is 0 Å². The van der Waals surface area contributed by atoms with Crippen LogP contribution in [0.3, 0.4) is 0 Å². The third-order valence-electron chi connectivity index (χ3n) is 3.29. The van der Waals surface area contributed by atoms with Gasteiger partial charge in [-0.15, -0.1) is 0 Å². The summed E-state index contributed by atoms with van der Waals surface area (Å²) < 4.78 is 1.69. The second-order valence-corrected chi connectivity index (χ2v) is 5.03. The second-order valence-electron chi connectivity index (χ2n) is 4.69. The van der Waals surface area contributed by atoms with Crippen LogP contribution in [-0.4, -0.2) is 25.3 Å². The van der Waals surface area contributed by atoms with E-state index < -0.39 is 0 Å². The lowest BCUT2D eigenvalue weighted by Gasteiger charge is -2.06. The normalized spacial score (nSPS) is 10.9. The van der Waals surface area contributed by atoms with Crippen molar-refractivity contribution < 1.29 is 4.79 Å². The Hall–Kier alpha value is -2.51. The number of imidazole rings is 1. The Balaban J connectivity index is 2.06. The fraction of sp³-hybridized carbons (Fsp3) is 0.143. The molecule has 0 fully saturated rings. The molecule has 0 aliphatic heterocycles. The third kappa shape index (κ3) is 2.51. The topological polar surface area (TPSA) is 98.7 Å². The lowest BCUT2D eigenvalue weighted by atomic mass is 10.1. The van der Waals surface area contributed by atoms with Gasteiger partial charge in [0.05, 0.1) is 6.54 Å². The van der Waals surface area contributed by atoms with Gasteiger partial charge in [0.15, 0.2) is 22.8 Å². The van der Waals surface area contributed by atoms with Crippen molar-refractivity contribution in [2.24, 2.45) is 5.84 Å². The van der Waals surface area contributed by atoms with E-state index in [0.29, 0.717) is 28.4 Å². The molecule has 8 heteroatoms. The Labute approximate surface area is 131 Å². The molecule has 7 nitrogen and oxygen atoms in total. The molecule has 0 amide bonds. The molecule has 3 N–H and O–H groups in total. The standard InChI is InChI=1S/C14H13ClN6O/c1-8-17-11-12(20-16)18-14(15)19-13(11)21(8)7-10(22)9-5-3-2-4-6-9/h2-6H,7,16H2,1H3,(H,18,19,20). The first kappa shape index (κ1) is 14.4. The summed E-state index contributed by atoms with van der Waals surface area (Å²) in [5, 5.41) is 0.0359. The number of anilines is 1. The third-order valence-corrected chi connectivity index (χ3v) is 3.46. The van der Waals surface area contributed by atoms with Crippen LogP contribution in [0.15, 0.2) is 30.3 Å². The number of aryl methyl sites for hydroxylation is 1. The Morgan fingerprint density at radius 3 is 2.68 bits per heavy atom. The van der Waals surface area contributed by atoms with E-state index in [1.165, 1.54) is 0 Å². The van der Waals surface area contributed by atoms with E-state index in [1.54, 1.807) is 23.6 Å². The molecule has 0 bridgehead atoms. The van der Waals surface area contributed by atoms with Crippen LogP contribution in [0.5, 0.6) is 0 Å². The number of carbonyl (C=O) groups excluding carboxylic acids is 1. The van der Waals surface area contributed by atoms with Gasteiger partial charge < -0.3 is 9.99 Å². The number of fused-ring (bicyclic) bond motifs is 1. The number of carbonyl (C=O) groups is 1. The van der Waals surface area contributed by atoms with E-state index in [1.807, 2.05) is 18.2 Å². The molecule has 112 valence electrons. The molecule has 0 radical (unpaired) electrons. The van der Waals surface area contributed by atoms with Gasteiger partial charge in [-0.05, 0) is 18.5 Å². The molecule has 1 aromatic carbocycles. The monoisotopic (exact) mass is 316 g/mol. The van der Waals surface area contributed by atoms with Gasteiger partial charge in [0.2, 0.25) is 5.28 Å². The van der Waals surface area contributed by atoms with Crippen LogP contribution < -0.4 is 11.3 Å². The van der Waals surface area contributed by atoms with Gasteiger partial charge in [0.1, 0.15) is 5.82 Å². The molecule has 0 saturated heterocycles. The number of hydrogen-bond donors (Lipinski definition) is 2. The summed E-state index contributed by atoms with van der Waals surface area (Å²) in [7, 11) is 0. The number of hydrogen-bond acceptors (Lipinski definition) is 6. The van der Waals surface area contributed by atoms with Crippen LogP contribution in [0.4, 0.5) is 5.82 Å². The fourth-order valence-corrected chi connectivity index (χ4v) is 2.40. The van der Waals surface area contributed by atoms with Gasteiger partial charge in [0.25, 0.3) is 0 Å². The maximum Gasteiger partial charge on any atom is 0.226 e. The van der Waals surface area contributed by atoms with Crippen molar-refractivity contribution in [3.63, 3.8) is 0 Å². The first-order valence-corrected chi connectivity index (χ1v) is 6.93. The zero-order valence-corrected chi connectivity index (χ0v) is 12.5. The van der Waals surface area contributed by atoms with Crippen molar-refractivity contribution in [2.75, 3.05) is 5.43 Å². The van der Waals surface area contributed by atoms with Crippen molar-refractivity contribution in [3.05, 3.63) is 47.0 Å². The molecule has 0 aliphatic carbocycles. The highest BCUT2D eigenvalue weighted by atomic mass is 35.5. The maximum absolute atomic E-state index is 12.4. The Kier molecular flexibility index (Phi) is 3.74. The smallest absolute Gasteiger partial charge is 0.226 e. The summed E-state index contributed by atoms with van der Waals surface area (Å²) in [6.45, 7) is 1.90. The molecule has 2 aromatic heterocycles. The molecule has 0 spiro atoms. The largest absolute Gasteiger partial charge is 0.306 e. The second kappa shape index (κ2) is 5.70. The number of nitrogens with two attached hydrogens (primary N) is 1. The van der Waals surface area contributed by atoms with Crippen LogP contribution in [-0.2, 0) is 6.54 Å². The maximum atomic E-state index is 12.4. The van der Waals surface area contributed by atoms with E-state index in [-0.39, 0.29) is 17.6 Å². The molecule has 3 aromatic rings. The lowest BCUT2D eigenvalue weighted by molar-refractivity contribution is 0.0972. The number of nitrogen functional groups attached to an aromatic ring is 1. The molecule has 22 heavy (non-hydrogen) atoms. The quantitative estimate of drug-likeness (QED) is 0.330. The highest BCUT2D eigenvalue weighted by Gasteiger charge is 2.17. The van der Waals surface area contributed by atoms with E-state index >= 15 is 0 Å². The Morgan fingerprint density at radius 2 is 2.00 bits per heavy atom. The molecule has 0 saturated carbocycles. The van der Waals surface area contributed by atoms with Crippen LogP contribution in [0.25, 0.3) is 11.2 Å². The minimum Gasteiger partial charge on any atom is -0.306 e. The summed E-state index contributed by atoms with van der Waals surface area (Å²) in [6.07, 6.45) is 0. The first-order valence-electron chi connectivity index (χ1n) is 6.55. The fourth-order valence-electron chi connectivity index (χ4n) is 2.23. The molecular weight excluding hydrogens is 304 g/mol. The summed E-state index contributed by atoms with van der Waals surface area (Å²) in [5.74, 6) is 6.33. The van der Waals surface area contributed by atoms with E-state index in [2.05, 4.69) is 20.4 Å². The number of rotatable bonds is 4. The van der Waals surface area contributed by atoms with Crippen molar-refractivity contribution in [1.82, 2.24) is 19.5 Å². The van der Waals surface area contributed by atoms with Gasteiger partial charge in [-0.3, -0.25) is 4.79 Å². The van der Waals surface area contributed by atoms with E-state index in [9.17, 15) is 4.79 Å². The minimum atomic E-state index is -0.0417. The summed E-state index contributed by atoms with van der Waals surface area (Å²) in [5.41, 5.74) is 4.01. The van der Waals surface area contributed by atoms with Crippen molar-refractivity contribution >= 4 is 34.4 Å². The minimum absolute atomic E-state index is 0.0359. The zero-order chi connectivity index (χ0) is 15.7. The number of nitrogens with one attached hydrogen (secondary N) is 1. The molecule has 2 heterocycles. The molecule has 0 atom stereocenters. The van der Waals surface area contributed by atoms with Gasteiger partial charge in [-0.25, -0.2) is 10.8 Å². The zero-order valence-electron chi connectivity index (χ0n) is 11.7. The Morgan fingerprint density at radius 1 is 1.27 bits per heavy atom. The molecule has 3 rings (SSSR count). The van der Waals surface area contributed by atoms with Crippen LogP contribution in [0, 0.1) is 6.92 Å². The average Bonchev–Trinajstić information content (AvgIpc) is 2.83. The van der Waals surface area contributed by atoms with Crippen LogP contribution in [0.1, 0.15) is 16.2 Å². The molecule has 0 unspecified atom stereocenters. The highest BCUT2D eigenvalue weighted by molar-refractivity contribution is 6.28. The van der Waals surface area contributed by atoms with Gasteiger partial charge in [-0.1, -0.05) is 30.3 Å². The number of ketones is 1. The SMILES string of the molecule is Cc1nc2c(NN)nc(Cl)nc2n1CC(=O)c1ccccc1. The van der Waals surface area contributed by atoms with E-state index in [4.69, 9.17) is 17.4 Å². The van der Waals surface area contributed by atoms with E-state index in [0.717, 1.165) is 0 Å². The Bertz CT molecular complexity index is 845. The number of halogens is 1. The van der Waals surface area contributed by atoms with Gasteiger partial charge in [0, 0.05) is 5.56 Å². The highest BCUT2D eigenvalue weighted by Crippen LogP contribution is 2.22. The predicted octanol–water partition coefficient (Wildman–Crippen LogP) is 1.96. The molecular formula is C14H13ClN6O. The van der Waals surface area contributed by atoms with Crippen molar-refractivity contribution in [2.45, 2.75) is 13.5 Å². The van der Waals surface area contributed by atoms with Crippen LogP contribution >= 0.6 is 11.6 Å². The molecule has 0 aliphatic rings.